The lowest BCUT2D eigenvalue weighted by molar-refractivity contribution is -0.136. The molecule has 0 aliphatic rings. The number of urea groups is 1. The summed E-state index contributed by atoms with van der Waals surface area (Å²) in [4.78, 5) is 153. The van der Waals surface area contributed by atoms with Gasteiger partial charge in [0.2, 0.25) is 53.2 Å². The molecule has 0 saturated heterocycles. The van der Waals surface area contributed by atoms with E-state index in [1.54, 1.807) is 50.4 Å². The number of aromatic hydroxyl groups is 1. The third-order valence-corrected chi connectivity index (χ3v) is 12.8. The molecule has 0 radical (unpaired) electrons. The van der Waals surface area contributed by atoms with Crippen molar-refractivity contribution in [3.63, 3.8) is 0 Å². The highest BCUT2D eigenvalue weighted by atomic mass is 16.3. The zero-order valence-corrected chi connectivity index (χ0v) is 47.2. The minimum atomic E-state index is -1.85. The van der Waals surface area contributed by atoms with Crippen molar-refractivity contribution >= 4 is 82.0 Å². The average Bonchev–Trinajstić information content (AvgIpc) is 4.12. The Bertz CT molecular complexity index is 2970. The van der Waals surface area contributed by atoms with Gasteiger partial charge in [0.05, 0.1) is 19.1 Å². The van der Waals surface area contributed by atoms with Gasteiger partial charge in [-0.05, 0) is 67.0 Å². The minimum Gasteiger partial charge on any atom is -0.508 e. The molecule has 0 spiro atoms. The monoisotopic (exact) mass is 1170 g/mol. The quantitative estimate of drug-likeness (QED) is 0.0102. The molecular formula is C55H76N16O13. The van der Waals surface area contributed by atoms with Gasteiger partial charge in [-0.25, -0.2) is 10.2 Å². The van der Waals surface area contributed by atoms with Crippen LogP contribution in [0.2, 0.25) is 0 Å². The maximum Gasteiger partial charge on any atom is 0.334 e. The number of aliphatic hydroxyl groups excluding tert-OH is 1. The fourth-order valence-electron chi connectivity index (χ4n) is 8.51. The van der Waals surface area contributed by atoms with Gasteiger partial charge in [-0.1, -0.05) is 74.5 Å². The molecule has 0 fully saturated rings. The lowest BCUT2D eigenvalue weighted by Gasteiger charge is -2.27. The minimum absolute atomic E-state index is 0.0188. The average molecular weight is 1170 g/mol. The van der Waals surface area contributed by atoms with Crippen molar-refractivity contribution in [2.75, 3.05) is 20.1 Å². The molecule has 4 aromatic rings. The number of nitrogens with one attached hydrogen (secondary N) is 12. The van der Waals surface area contributed by atoms with Crippen LogP contribution in [0.3, 0.4) is 0 Å². The topological polar surface area (TPSA) is 467 Å². The number of aliphatic imine (C=N–C) groups is 1. The van der Waals surface area contributed by atoms with Crippen LogP contribution in [0.15, 0.2) is 90.1 Å². The van der Waals surface area contributed by atoms with Crippen LogP contribution in [0, 0.1) is 5.92 Å². The summed E-state index contributed by atoms with van der Waals surface area (Å²) in [5.41, 5.74) is 23.9. The molecule has 454 valence electrons. The molecule has 3 aromatic carbocycles. The van der Waals surface area contributed by atoms with Crippen LogP contribution in [0.25, 0.3) is 10.9 Å². The number of nitrogens with two attached hydrogens (primary N) is 3. The number of phenols is 1. The first-order valence-electron chi connectivity index (χ1n) is 26.8. The lowest BCUT2D eigenvalue weighted by Crippen LogP contribution is -2.62. The fourth-order valence-corrected chi connectivity index (χ4v) is 8.51. The van der Waals surface area contributed by atoms with Gasteiger partial charge in [-0.3, -0.25) is 58.4 Å². The molecule has 1 aromatic heterocycles. The number of hydrogen-bond acceptors (Lipinski definition) is 14. The van der Waals surface area contributed by atoms with E-state index in [9.17, 15) is 63.0 Å². The second-order valence-corrected chi connectivity index (χ2v) is 20.1. The summed E-state index contributed by atoms with van der Waals surface area (Å²) >= 11 is 0. The van der Waals surface area contributed by atoms with Gasteiger partial charge in [0.25, 0.3) is 5.91 Å². The molecule has 0 bridgehead atoms. The highest BCUT2D eigenvalue weighted by Crippen LogP contribution is 2.20. The number of fused-ring (bicyclic) bond motifs is 1. The number of para-hydroxylation sites is 1. The number of aromatic amines is 1. The van der Waals surface area contributed by atoms with Crippen molar-refractivity contribution in [2.45, 2.75) is 121 Å². The smallest absolute Gasteiger partial charge is 0.334 e. The predicted molar refractivity (Wildman–Crippen MR) is 307 cm³/mol. The number of benzene rings is 3. The SMILES string of the molecule is CN=C(N)NCCC[C@@H](NC(=O)[C@H](CC(C)C)NC(=O)NNC(=O)[C@H](Cc1ccccc1)NC(=O)[C@@H](NC(=O)[C@H](CC(N)=O)NC(=O)CNC(=O)[C@@H](Cc1ccc(O)cc1)NC(C)=O)[C@@H](C)O)C(=O)N[C@@H](Cc1c[nH]c2ccccc12)C(N)=O. The van der Waals surface area contributed by atoms with Crippen molar-refractivity contribution < 1.29 is 63.0 Å². The van der Waals surface area contributed by atoms with E-state index in [-0.39, 0.29) is 62.7 Å². The number of H-pyrrole nitrogens is 1. The number of guanidine groups is 1. The number of carbonyl (C=O) groups excluding carboxylic acids is 11. The Morgan fingerprint density at radius 3 is 1.81 bits per heavy atom. The third kappa shape index (κ3) is 22.6. The van der Waals surface area contributed by atoms with Gasteiger partial charge in [0.15, 0.2) is 5.96 Å². The maximum absolute atomic E-state index is 14.1. The first kappa shape index (κ1) is 66.7. The van der Waals surface area contributed by atoms with Gasteiger partial charge < -0.3 is 80.2 Å². The number of phenolic OH excluding ortho intramolecular Hbond substituents is 1. The molecule has 29 heteroatoms. The lowest BCUT2D eigenvalue weighted by atomic mass is 10.0. The number of aliphatic hydroxyl groups is 1. The Morgan fingerprint density at radius 1 is 0.595 bits per heavy atom. The van der Waals surface area contributed by atoms with E-state index in [4.69, 9.17) is 17.2 Å². The van der Waals surface area contributed by atoms with E-state index in [0.717, 1.165) is 17.8 Å². The summed E-state index contributed by atoms with van der Waals surface area (Å²) in [6.07, 6.45) is -0.712. The van der Waals surface area contributed by atoms with Crippen LogP contribution < -0.4 is 75.9 Å². The standard InChI is InChI=1S/C55H76N16O13/c1-29(2)22-40(50(80)65-38(16-11-21-60-54(58)59-5)49(79)66-39(47(57)77)25-34-27-61-37-15-10-9-14-36(34)37)68-55(84)71-70-52(82)42(23-32-12-7-6-8-13-32)67-53(83)46(30(3)72)69-51(81)43(26-44(56)75)64-45(76)28-62-48(78)41(63-31(4)73)24-33-17-19-35(74)20-18-33/h6-10,12-15,17-20,27,29-30,38-43,46,61,72,74H,11,16,21-26,28H2,1-5H3,(H2,56,75)(H2,57,77)(H,62,78)(H,63,73)(H,64,76)(H,65,80)(H,66,79)(H,67,83)(H,69,81)(H,70,82)(H3,58,59,60)(H2,68,71,84)/t30-,38-,39+,40+,41-,42+,43+,46+/m1/s1. The van der Waals surface area contributed by atoms with E-state index in [2.05, 4.69) is 68.7 Å². The van der Waals surface area contributed by atoms with Crippen LogP contribution in [0.1, 0.15) is 70.1 Å². The van der Waals surface area contributed by atoms with Gasteiger partial charge in [-0.2, -0.15) is 0 Å². The van der Waals surface area contributed by atoms with Crippen LogP contribution >= 0.6 is 0 Å². The molecule has 0 aliphatic heterocycles. The number of amides is 12. The van der Waals surface area contributed by atoms with Crippen molar-refractivity contribution in [1.29, 1.82) is 0 Å². The Hall–Kier alpha value is -9.80. The zero-order chi connectivity index (χ0) is 62.0. The summed E-state index contributed by atoms with van der Waals surface area (Å²) in [7, 11) is 1.48. The number of aromatic nitrogens is 1. The largest absolute Gasteiger partial charge is 0.508 e. The number of hydrazine groups is 1. The molecular weight excluding hydrogens is 1090 g/mol. The molecule has 84 heavy (non-hydrogen) atoms. The van der Waals surface area contributed by atoms with Crippen LogP contribution in [0.4, 0.5) is 4.79 Å². The molecule has 0 aliphatic carbocycles. The molecule has 20 N–H and O–H groups in total. The van der Waals surface area contributed by atoms with Crippen molar-refractivity contribution in [1.82, 2.24) is 63.7 Å². The number of hydrogen-bond donors (Lipinski definition) is 17. The van der Waals surface area contributed by atoms with E-state index < -0.39 is 126 Å². The van der Waals surface area contributed by atoms with E-state index >= 15 is 0 Å². The van der Waals surface area contributed by atoms with E-state index in [1.165, 1.54) is 38.2 Å². The van der Waals surface area contributed by atoms with Gasteiger partial charge in [-0.15, -0.1) is 0 Å². The van der Waals surface area contributed by atoms with Gasteiger partial charge in [0, 0.05) is 56.9 Å². The number of nitrogens with zero attached hydrogens (tertiary/aromatic N) is 1. The highest BCUT2D eigenvalue weighted by Gasteiger charge is 2.35. The summed E-state index contributed by atoms with van der Waals surface area (Å²) < 4.78 is 0. The molecule has 0 unspecified atom stereocenters. The summed E-state index contributed by atoms with van der Waals surface area (Å²) in [5, 5.41) is 43.7. The van der Waals surface area contributed by atoms with Crippen LogP contribution in [0.5, 0.6) is 5.75 Å². The maximum atomic E-state index is 14.1. The Balaban J connectivity index is 1.45. The zero-order valence-electron chi connectivity index (χ0n) is 47.2. The van der Waals surface area contributed by atoms with E-state index in [1.807, 2.05) is 24.3 Å². The molecule has 4 rings (SSSR count). The third-order valence-electron chi connectivity index (χ3n) is 12.8. The van der Waals surface area contributed by atoms with Crippen molar-refractivity contribution in [2.24, 2.45) is 28.1 Å². The van der Waals surface area contributed by atoms with Gasteiger partial charge >= 0.3 is 6.03 Å². The van der Waals surface area contributed by atoms with Crippen molar-refractivity contribution in [3.05, 3.63) is 102 Å². The molecule has 29 nitrogen and oxygen atoms in total. The van der Waals surface area contributed by atoms with Crippen LogP contribution in [-0.2, 0) is 67.2 Å². The summed E-state index contributed by atoms with van der Waals surface area (Å²) in [6.45, 7) is 5.32. The number of rotatable bonds is 31. The normalized spacial score (nSPS) is 14.1. The molecule has 1 heterocycles. The Kier molecular flexibility index (Phi) is 26.4. The molecule has 8 atom stereocenters. The second-order valence-electron chi connectivity index (χ2n) is 20.1. The highest BCUT2D eigenvalue weighted by molar-refractivity contribution is 5.98. The van der Waals surface area contributed by atoms with Crippen molar-refractivity contribution in [3.8, 4) is 5.75 Å². The first-order chi connectivity index (χ1) is 39.8. The number of carbonyl (C=O) groups is 11. The predicted octanol–water partition coefficient (Wildman–Crippen LogP) is -3.25. The molecule has 12 amide bonds. The first-order valence-corrected chi connectivity index (χ1v) is 26.8. The summed E-state index contributed by atoms with van der Waals surface area (Å²) in [6, 6.07) is 10.2. The molecule has 0 saturated carbocycles. The summed E-state index contributed by atoms with van der Waals surface area (Å²) in [5.74, 6) is -9.29. The number of primary amides is 2. The van der Waals surface area contributed by atoms with E-state index in [0.29, 0.717) is 16.7 Å². The van der Waals surface area contributed by atoms with Crippen LogP contribution in [-0.4, -0.2) is 155 Å². The second kappa shape index (κ2) is 33.2. The Morgan fingerprint density at radius 2 is 1.19 bits per heavy atom. The fraction of sp³-hybridized carbons (Fsp3) is 0.418. The Labute approximate surface area is 484 Å². The van der Waals surface area contributed by atoms with Gasteiger partial charge in [0.1, 0.15) is 48.0 Å².